The number of esters is 1. The monoisotopic (exact) mass is 312 g/mol. The van der Waals surface area contributed by atoms with Gasteiger partial charge in [-0.1, -0.05) is 30.3 Å². The number of benzene rings is 1. The maximum Gasteiger partial charge on any atom is 0.302 e. The first-order valence-electron chi connectivity index (χ1n) is 6.97. The molecule has 7 nitrogen and oxygen atoms in total. The smallest absolute Gasteiger partial charge is 0.302 e. The molecule has 1 saturated heterocycles. The molecule has 2 rings (SSSR count). The Morgan fingerprint density at radius 2 is 1.86 bits per heavy atom. The summed E-state index contributed by atoms with van der Waals surface area (Å²) in [5.74, 6) is -0.540. The van der Waals surface area contributed by atoms with Crippen molar-refractivity contribution in [2.75, 3.05) is 6.61 Å². The van der Waals surface area contributed by atoms with Gasteiger partial charge < -0.3 is 29.5 Å². The third kappa shape index (κ3) is 4.25. The molecule has 0 saturated carbocycles. The topological polar surface area (TPSA) is 105 Å². The molecule has 0 spiro atoms. The van der Waals surface area contributed by atoms with E-state index in [1.165, 1.54) is 6.92 Å². The highest BCUT2D eigenvalue weighted by molar-refractivity contribution is 5.65. The summed E-state index contributed by atoms with van der Waals surface area (Å²) in [4.78, 5) is 10.8. The van der Waals surface area contributed by atoms with Crippen LogP contribution in [0.3, 0.4) is 0 Å². The third-order valence-corrected chi connectivity index (χ3v) is 3.40. The molecular formula is C15H20O7. The van der Waals surface area contributed by atoms with E-state index in [2.05, 4.69) is 0 Å². The van der Waals surface area contributed by atoms with Crippen molar-refractivity contribution >= 4 is 5.97 Å². The molecule has 0 radical (unpaired) electrons. The van der Waals surface area contributed by atoms with E-state index in [-0.39, 0.29) is 13.2 Å². The van der Waals surface area contributed by atoms with Gasteiger partial charge in [0.1, 0.15) is 31.0 Å². The van der Waals surface area contributed by atoms with Gasteiger partial charge >= 0.3 is 5.97 Å². The van der Waals surface area contributed by atoms with E-state index in [9.17, 15) is 20.1 Å². The molecule has 0 bridgehead atoms. The lowest BCUT2D eigenvalue weighted by Crippen LogP contribution is -2.59. The molecule has 7 heteroatoms. The molecule has 0 unspecified atom stereocenters. The number of carbonyl (C=O) groups is 1. The van der Waals surface area contributed by atoms with Crippen molar-refractivity contribution in [3.8, 4) is 0 Å². The van der Waals surface area contributed by atoms with E-state index in [4.69, 9.17) is 14.2 Å². The van der Waals surface area contributed by atoms with Gasteiger partial charge in [0.05, 0.1) is 6.61 Å². The van der Waals surface area contributed by atoms with Crippen LogP contribution in [0.4, 0.5) is 0 Å². The summed E-state index contributed by atoms with van der Waals surface area (Å²) in [6, 6.07) is 9.21. The molecule has 1 heterocycles. The van der Waals surface area contributed by atoms with E-state index in [1.807, 2.05) is 30.3 Å². The molecule has 1 aliphatic rings. The lowest BCUT2D eigenvalue weighted by atomic mass is 9.99. The second-order valence-corrected chi connectivity index (χ2v) is 5.11. The molecule has 1 aromatic rings. The molecule has 122 valence electrons. The quantitative estimate of drug-likeness (QED) is 0.634. The summed E-state index contributed by atoms with van der Waals surface area (Å²) >= 11 is 0. The minimum absolute atomic E-state index is 0.157. The Morgan fingerprint density at radius 3 is 2.50 bits per heavy atom. The number of hydrogen-bond donors (Lipinski definition) is 3. The molecule has 1 aromatic carbocycles. The number of carbonyl (C=O) groups excluding carboxylic acids is 1. The second-order valence-electron chi connectivity index (χ2n) is 5.11. The van der Waals surface area contributed by atoms with Crippen molar-refractivity contribution in [1.82, 2.24) is 0 Å². The number of rotatable bonds is 5. The number of aliphatic hydroxyl groups is 3. The Labute approximate surface area is 128 Å². The molecule has 22 heavy (non-hydrogen) atoms. The molecule has 1 fully saturated rings. The van der Waals surface area contributed by atoms with Crippen LogP contribution < -0.4 is 0 Å². The zero-order valence-corrected chi connectivity index (χ0v) is 12.2. The van der Waals surface area contributed by atoms with Crippen molar-refractivity contribution in [1.29, 1.82) is 0 Å². The van der Waals surface area contributed by atoms with Crippen LogP contribution >= 0.6 is 0 Å². The van der Waals surface area contributed by atoms with Crippen LogP contribution in [0.5, 0.6) is 0 Å². The Hall–Kier alpha value is -1.51. The highest BCUT2D eigenvalue weighted by atomic mass is 16.7. The minimum Gasteiger partial charge on any atom is -0.463 e. The fourth-order valence-corrected chi connectivity index (χ4v) is 2.20. The molecule has 0 aromatic heterocycles. The summed E-state index contributed by atoms with van der Waals surface area (Å²) < 4.78 is 15.3. The summed E-state index contributed by atoms with van der Waals surface area (Å²) in [6.07, 6.45) is -6.21. The van der Waals surface area contributed by atoms with Crippen LogP contribution in [0.25, 0.3) is 0 Å². The van der Waals surface area contributed by atoms with Gasteiger partial charge in [-0.2, -0.15) is 0 Å². The van der Waals surface area contributed by atoms with Crippen molar-refractivity contribution < 1.29 is 34.3 Å². The largest absolute Gasteiger partial charge is 0.463 e. The normalized spacial score (nSPS) is 31.7. The van der Waals surface area contributed by atoms with Gasteiger partial charge in [-0.05, 0) is 5.56 Å². The summed E-state index contributed by atoms with van der Waals surface area (Å²) in [5, 5.41) is 30.0. The summed E-state index contributed by atoms with van der Waals surface area (Å²) in [5.41, 5.74) is 0.860. The van der Waals surface area contributed by atoms with Crippen LogP contribution in [-0.2, 0) is 25.6 Å². The summed E-state index contributed by atoms with van der Waals surface area (Å²) in [6.45, 7) is 1.12. The third-order valence-electron chi connectivity index (χ3n) is 3.40. The first-order valence-corrected chi connectivity index (χ1v) is 6.97. The standard InChI is InChI=1S/C15H20O7/c1-9(16)20-8-11-12(17)13(18)14(15(19)22-11)21-7-10-5-3-2-4-6-10/h2-6,11-15,17-19H,7-8H2,1H3/t11-,12-,13+,14-,15+/m1/s1. The Balaban J connectivity index is 1.92. The Bertz CT molecular complexity index is 478. The molecule has 0 aliphatic carbocycles. The van der Waals surface area contributed by atoms with Gasteiger partial charge in [-0.25, -0.2) is 0 Å². The highest BCUT2D eigenvalue weighted by Crippen LogP contribution is 2.23. The van der Waals surface area contributed by atoms with Gasteiger partial charge in [-0.3, -0.25) is 4.79 Å². The van der Waals surface area contributed by atoms with Crippen LogP contribution in [0.1, 0.15) is 12.5 Å². The Morgan fingerprint density at radius 1 is 1.18 bits per heavy atom. The van der Waals surface area contributed by atoms with Crippen LogP contribution in [-0.4, -0.2) is 58.6 Å². The number of aliphatic hydroxyl groups excluding tert-OH is 3. The van der Waals surface area contributed by atoms with Crippen molar-refractivity contribution in [3.05, 3.63) is 35.9 Å². The fraction of sp³-hybridized carbons (Fsp3) is 0.533. The SMILES string of the molecule is CC(=O)OC[C@H]1O[C@H](O)[C@H](OCc2ccccc2)[C@@H](O)[C@@H]1O. The predicted octanol–water partition coefficient (Wildman–Crippen LogP) is -0.426. The zero-order chi connectivity index (χ0) is 16.1. The summed E-state index contributed by atoms with van der Waals surface area (Å²) in [7, 11) is 0. The highest BCUT2D eigenvalue weighted by Gasteiger charge is 2.45. The first kappa shape index (κ1) is 16.9. The molecule has 5 atom stereocenters. The lowest BCUT2D eigenvalue weighted by Gasteiger charge is -2.40. The van der Waals surface area contributed by atoms with Crippen LogP contribution in [0.2, 0.25) is 0 Å². The maximum absolute atomic E-state index is 10.8. The number of hydrogen-bond acceptors (Lipinski definition) is 7. The van der Waals surface area contributed by atoms with E-state index in [1.54, 1.807) is 0 Å². The van der Waals surface area contributed by atoms with Gasteiger partial charge in [0.2, 0.25) is 0 Å². The van der Waals surface area contributed by atoms with Gasteiger partial charge in [-0.15, -0.1) is 0 Å². The predicted molar refractivity (Wildman–Crippen MR) is 74.5 cm³/mol. The van der Waals surface area contributed by atoms with E-state index < -0.39 is 36.7 Å². The lowest BCUT2D eigenvalue weighted by molar-refractivity contribution is -0.299. The maximum atomic E-state index is 10.8. The van der Waals surface area contributed by atoms with Crippen LogP contribution in [0.15, 0.2) is 30.3 Å². The van der Waals surface area contributed by atoms with Crippen molar-refractivity contribution in [2.24, 2.45) is 0 Å². The number of ether oxygens (including phenoxy) is 3. The molecule has 1 aliphatic heterocycles. The van der Waals surface area contributed by atoms with E-state index in [0.717, 1.165) is 5.56 Å². The average Bonchev–Trinajstić information content (AvgIpc) is 2.50. The molecule has 3 N–H and O–H groups in total. The Kier molecular flexibility index (Phi) is 5.87. The van der Waals surface area contributed by atoms with Gasteiger partial charge in [0.25, 0.3) is 0 Å². The van der Waals surface area contributed by atoms with Crippen molar-refractivity contribution in [2.45, 2.75) is 44.2 Å². The van der Waals surface area contributed by atoms with E-state index in [0.29, 0.717) is 0 Å². The van der Waals surface area contributed by atoms with Gasteiger partial charge in [0, 0.05) is 6.92 Å². The zero-order valence-electron chi connectivity index (χ0n) is 12.2. The van der Waals surface area contributed by atoms with E-state index >= 15 is 0 Å². The van der Waals surface area contributed by atoms with Crippen LogP contribution in [0, 0.1) is 0 Å². The average molecular weight is 312 g/mol. The molecular weight excluding hydrogens is 292 g/mol. The van der Waals surface area contributed by atoms with Gasteiger partial charge in [0.15, 0.2) is 6.29 Å². The van der Waals surface area contributed by atoms with Crippen molar-refractivity contribution in [3.63, 3.8) is 0 Å². The molecule has 0 amide bonds. The first-order chi connectivity index (χ1) is 10.5. The minimum atomic E-state index is -1.43. The fourth-order valence-electron chi connectivity index (χ4n) is 2.20. The second kappa shape index (κ2) is 7.66.